The van der Waals surface area contributed by atoms with E-state index < -0.39 is 0 Å². The number of hydrogen-bond donors (Lipinski definition) is 0. The summed E-state index contributed by atoms with van der Waals surface area (Å²) in [6.07, 6.45) is 2.57. The van der Waals surface area contributed by atoms with Crippen LogP contribution in [0.2, 0.25) is 5.02 Å². The SMILES string of the molecule is CC1c2cc(Br)ccc2CCN1C(=O)c1cc2ccc(Cl)cn2n1. The number of benzene rings is 1. The van der Waals surface area contributed by atoms with Crippen LogP contribution in [0.5, 0.6) is 0 Å². The number of pyridine rings is 1. The minimum atomic E-state index is -0.0482. The Morgan fingerprint density at radius 3 is 2.96 bits per heavy atom. The van der Waals surface area contributed by atoms with Crippen molar-refractivity contribution in [2.45, 2.75) is 19.4 Å². The van der Waals surface area contributed by atoms with E-state index in [1.165, 1.54) is 11.1 Å². The Morgan fingerprint density at radius 2 is 2.12 bits per heavy atom. The van der Waals surface area contributed by atoms with E-state index in [0.29, 0.717) is 17.3 Å². The van der Waals surface area contributed by atoms with Crippen LogP contribution in [0.15, 0.2) is 47.1 Å². The number of nitrogens with zero attached hydrogens (tertiary/aromatic N) is 3. The number of carbonyl (C=O) groups is 1. The highest BCUT2D eigenvalue weighted by Crippen LogP contribution is 2.32. The summed E-state index contributed by atoms with van der Waals surface area (Å²) in [5, 5.41) is 4.98. The molecule has 4 rings (SSSR count). The lowest BCUT2D eigenvalue weighted by Crippen LogP contribution is -2.39. The summed E-state index contributed by atoms with van der Waals surface area (Å²) in [5.74, 6) is -0.0482. The van der Waals surface area contributed by atoms with Gasteiger partial charge in [-0.1, -0.05) is 33.6 Å². The molecule has 1 atom stereocenters. The van der Waals surface area contributed by atoms with E-state index >= 15 is 0 Å². The van der Waals surface area contributed by atoms with Gasteiger partial charge in [-0.15, -0.1) is 0 Å². The highest BCUT2D eigenvalue weighted by molar-refractivity contribution is 9.10. The highest BCUT2D eigenvalue weighted by Gasteiger charge is 2.29. The van der Waals surface area contributed by atoms with E-state index in [9.17, 15) is 4.79 Å². The van der Waals surface area contributed by atoms with Crippen LogP contribution in [0, 0.1) is 0 Å². The Bertz CT molecular complexity index is 953. The minimum Gasteiger partial charge on any atom is -0.330 e. The van der Waals surface area contributed by atoms with E-state index in [1.807, 2.05) is 17.0 Å². The number of hydrogen-bond acceptors (Lipinski definition) is 2. The van der Waals surface area contributed by atoms with Crippen molar-refractivity contribution in [3.8, 4) is 0 Å². The van der Waals surface area contributed by atoms with Crippen molar-refractivity contribution >= 4 is 39.0 Å². The maximum atomic E-state index is 13.0. The first kappa shape index (κ1) is 15.7. The average molecular weight is 405 g/mol. The first-order chi connectivity index (χ1) is 11.5. The van der Waals surface area contributed by atoms with Crippen molar-refractivity contribution in [2.24, 2.45) is 0 Å². The summed E-state index contributed by atoms with van der Waals surface area (Å²) in [4.78, 5) is 14.9. The van der Waals surface area contributed by atoms with Gasteiger partial charge in [0.2, 0.25) is 0 Å². The standard InChI is InChI=1S/C18H15BrClN3O/c1-11-16-8-13(19)3-2-12(16)6-7-22(11)18(24)17-9-15-5-4-14(20)10-23(15)21-17/h2-5,8-11H,6-7H2,1H3. The lowest BCUT2D eigenvalue weighted by atomic mass is 9.93. The van der Waals surface area contributed by atoms with Gasteiger partial charge in [0.1, 0.15) is 0 Å². The van der Waals surface area contributed by atoms with Crippen LogP contribution < -0.4 is 0 Å². The Kier molecular flexibility index (Phi) is 3.85. The summed E-state index contributed by atoms with van der Waals surface area (Å²) >= 11 is 9.51. The topological polar surface area (TPSA) is 37.6 Å². The molecular weight excluding hydrogens is 390 g/mol. The van der Waals surface area contributed by atoms with Gasteiger partial charge in [-0.3, -0.25) is 4.79 Å². The molecule has 4 nitrogen and oxygen atoms in total. The quantitative estimate of drug-likeness (QED) is 0.598. The molecule has 3 aromatic rings. The molecule has 0 spiro atoms. The Labute approximate surface area is 153 Å². The smallest absolute Gasteiger partial charge is 0.274 e. The maximum Gasteiger partial charge on any atom is 0.274 e. The summed E-state index contributed by atoms with van der Waals surface area (Å²) in [6, 6.07) is 11.8. The normalized spacial score (nSPS) is 17.1. The molecule has 0 bridgehead atoms. The second kappa shape index (κ2) is 5.90. The van der Waals surface area contributed by atoms with Gasteiger partial charge in [-0.25, -0.2) is 4.52 Å². The minimum absolute atomic E-state index is 0.0205. The molecule has 0 saturated carbocycles. The molecule has 0 radical (unpaired) electrons. The van der Waals surface area contributed by atoms with Gasteiger partial charge in [0.25, 0.3) is 5.91 Å². The Hall–Kier alpha value is -1.85. The fourth-order valence-corrected chi connectivity index (χ4v) is 3.81. The number of carbonyl (C=O) groups excluding carboxylic acids is 1. The summed E-state index contributed by atoms with van der Waals surface area (Å²) in [6.45, 7) is 2.76. The molecule has 1 aliphatic heterocycles. The van der Waals surface area contributed by atoms with Crippen molar-refractivity contribution in [3.63, 3.8) is 0 Å². The molecule has 24 heavy (non-hydrogen) atoms. The van der Waals surface area contributed by atoms with Crippen molar-refractivity contribution in [2.75, 3.05) is 6.54 Å². The van der Waals surface area contributed by atoms with Gasteiger partial charge in [0.05, 0.1) is 16.6 Å². The molecule has 1 unspecified atom stereocenters. The van der Waals surface area contributed by atoms with Crippen LogP contribution in [-0.4, -0.2) is 27.0 Å². The monoisotopic (exact) mass is 403 g/mol. The molecule has 0 aliphatic carbocycles. The van der Waals surface area contributed by atoms with Crippen molar-refractivity contribution in [1.29, 1.82) is 0 Å². The number of aromatic nitrogens is 2. The molecule has 1 aromatic carbocycles. The van der Waals surface area contributed by atoms with Crippen LogP contribution in [-0.2, 0) is 6.42 Å². The van der Waals surface area contributed by atoms with Crippen LogP contribution in [0.3, 0.4) is 0 Å². The van der Waals surface area contributed by atoms with Gasteiger partial charge < -0.3 is 4.90 Å². The largest absolute Gasteiger partial charge is 0.330 e. The first-order valence-electron chi connectivity index (χ1n) is 7.77. The van der Waals surface area contributed by atoms with E-state index in [0.717, 1.165) is 16.4 Å². The summed E-state index contributed by atoms with van der Waals surface area (Å²) in [7, 11) is 0. The van der Waals surface area contributed by atoms with Crippen LogP contribution in [0.1, 0.15) is 34.6 Å². The third-order valence-electron chi connectivity index (χ3n) is 4.55. The molecule has 3 heterocycles. The average Bonchev–Trinajstić information content (AvgIpc) is 2.98. The van der Waals surface area contributed by atoms with Gasteiger partial charge in [-0.2, -0.15) is 5.10 Å². The highest BCUT2D eigenvalue weighted by atomic mass is 79.9. The number of rotatable bonds is 1. The van der Waals surface area contributed by atoms with Crippen molar-refractivity contribution < 1.29 is 4.79 Å². The molecule has 2 aromatic heterocycles. The van der Waals surface area contributed by atoms with Crippen LogP contribution >= 0.6 is 27.5 Å². The third-order valence-corrected chi connectivity index (χ3v) is 5.27. The van der Waals surface area contributed by atoms with Crippen LogP contribution in [0.25, 0.3) is 5.52 Å². The predicted molar refractivity (Wildman–Crippen MR) is 97.5 cm³/mol. The zero-order valence-electron chi connectivity index (χ0n) is 13.0. The number of fused-ring (bicyclic) bond motifs is 2. The molecule has 0 fully saturated rings. The first-order valence-corrected chi connectivity index (χ1v) is 8.94. The maximum absolute atomic E-state index is 13.0. The van der Waals surface area contributed by atoms with E-state index in [2.05, 4.69) is 46.2 Å². The van der Waals surface area contributed by atoms with E-state index in [4.69, 9.17) is 11.6 Å². The molecule has 1 amide bonds. The molecular formula is C18H15BrClN3O. The van der Waals surface area contributed by atoms with Crippen LogP contribution in [0.4, 0.5) is 0 Å². The van der Waals surface area contributed by atoms with Gasteiger partial charge >= 0.3 is 0 Å². The predicted octanol–water partition coefficient (Wildman–Crippen LogP) is 4.51. The summed E-state index contributed by atoms with van der Waals surface area (Å²) in [5.41, 5.74) is 3.80. The zero-order valence-corrected chi connectivity index (χ0v) is 15.4. The number of halogens is 2. The van der Waals surface area contributed by atoms with Crippen molar-refractivity contribution in [1.82, 2.24) is 14.5 Å². The fourth-order valence-electron chi connectivity index (χ4n) is 3.28. The van der Waals surface area contributed by atoms with E-state index in [1.54, 1.807) is 16.8 Å². The van der Waals surface area contributed by atoms with Crippen molar-refractivity contribution in [3.05, 3.63) is 68.9 Å². The number of amides is 1. The molecule has 1 aliphatic rings. The second-order valence-corrected chi connectivity index (χ2v) is 7.37. The molecule has 0 N–H and O–H groups in total. The zero-order chi connectivity index (χ0) is 16.8. The van der Waals surface area contributed by atoms with Gasteiger partial charge in [-0.05, 0) is 54.8 Å². The Balaban J connectivity index is 1.68. The third kappa shape index (κ3) is 2.62. The molecule has 6 heteroatoms. The second-order valence-electron chi connectivity index (χ2n) is 6.01. The fraction of sp³-hybridized carbons (Fsp3) is 0.222. The van der Waals surface area contributed by atoms with Gasteiger partial charge in [0.15, 0.2) is 5.69 Å². The lowest BCUT2D eigenvalue weighted by Gasteiger charge is -2.35. The summed E-state index contributed by atoms with van der Waals surface area (Å²) < 4.78 is 2.68. The van der Waals surface area contributed by atoms with Gasteiger partial charge in [0, 0.05) is 17.2 Å². The Morgan fingerprint density at radius 1 is 1.29 bits per heavy atom. The lowest BCUT2D eigenvalue weighted by molar-refractivity contribution is 0.0671. The van der Waals surface area contributed by atoms with E-state index in [-0.39, 0.29) is 11.9 Å². The molecule has 122 valence electrons. The molecule has 0 saturated heterocycles.